The molecule has 1 saturated heterocycles. The van der Waals surface area contributed by atoms with Gasteiger partial charge in [0, 0.05) is 40.9 Å². The Morgan fingerprint density at radius 3 is 2.11 bits per heavy atom. The summed E-state index contributed by atoms with van der Waals surface area (Å²) in [7, 11) is -3.91. The Morgan fingerprint density at radius 1 is 0.886 bits per heavy atom. The molecule has 0 spiro atoms. The second-order valence-corrected chi connectivity index (χ2v) is 12.8. The highest BCUT2D eigenvalue weighted by atomic mass is 35.5. The van der Waals surface area contributed by atoms with Crippen LogP contribution in [0, 0.1) is 0 Å². The van der Waals surface area contributed by atoms with Gasteiger partial charge in [0.15, 0.2) is 5.78 Å². The second-order valence-electron chi connectivity index (χ2n) is 10.3. The highest BCUT2D eigenvalue weighted by Crippen LogP contribution is 2.32. The predicted molar refractivity (Wildman–Crippen MR) is 173 cm³/mol. The Hall–Kier alpha value is -4.44. The van der Waals surface area contributed by atoms with Crippen molar-refractivity contribution in [2.24, 2.45) is 0 Å². The van der Waals surface area contributed by atoms with Crippen LogP contribution in [0.5, 0.6) is 0 Å². The van der Waals surface area contributed by atoms with E-state index in [0.29, 0.717) is 39.8 Å². The molecule has 1 aromatic heterocycles. The van der Waals surface area contributed by atoms with Gasteiger partial charge in [-0.1, -0.05) is 78.7 Å². The van der Waals surface area contributed by atoms with Crippen molar-refractivity contribution in [3.05, 3.63) is 124 Å². The molecule has 11 heteroatoms. The summed E-state index contributed by atoms with van der Waals surface area (Å²) < 4.78 is 29.6. The van der Waals surface area contributed by atoms with Gasteiger partial charge in [0.2, 0.25) is 0 Å². The summed E-state index contributed by atoms with van der Waals surface area (Å²) >= 11 is 12.7. The molecule has 4 aromatic carbocycles. The smallest absolute Gasteiger partial charge is 0.303 e. The Kier molecular flexibility index (Phi) is 8.02. The third-order valence-electron chi connectivity index (χ3n) is 7.40. The number of imidazole rings is 1. The number of aromatic nitrogens is 2. The molecule has 44 heavy (non-hydrogen) atoms. The minimum atomic E-state index is -3.91. The molecule has 1 aliphatic rings. The predicted octanol–water partition coefficient (Wildman–Crippen LogP) is 6.88. The number of nitrogens with zero attached hydrogens (tertiary/aromatic N) is 3. The van der Waals surface area contributed by atoms with E-state index in [1.165, 1.54) is 0 Å². The first-order valence-corrected chi connectivity index (χ1v) is 16.0. The van der Waals surface area contributed by atoms with Crippen molar-refractivity contribution in [2.45, 2.75) is 19.8 Å². The summed E-state index contributed by atoms with van der Waals surface area (Å²) in [5.41, 5.74) is 6.28. The largest absolute Gasteiger partial charge is 0.326 e. The summed E-state index contributed by atoms with van der Waals surface area (Å²) in [4.78, 5) is 28.6. The molecule has 0 radical (unpaired) electrons. The summed E-state index contributed by atoms with van der Waals surface area (Å²) in [5, 5.41) is 0.988. The Bertz CT molecular complexity index is 1990. The zero-order chi connectivity index (χ0) is 31.0. The average molecular weight is 646 g/mol. The van der Waals surface area contributed by atoms with Gasteiger partial charge in [-0.05, 0) is 59.2 Å². The van der Waals surface area contributed by atoms with Gasteiger partial charge in [-0.2, -0.15) is 8.42 Å². The maximum absolute atomic E-state index is 12.3. The van der Waals surface area contributed by atoms with Gasteiger partial charge in [-0.3, -0.25) is 9.59 Å². The van der Waals surface area contributed by atoms with Gasteiger partial charge < -0.3 is 4.57 Å². The Morgan fingerprint density at radius 2 is 1.52 bits per heavy atom. The molecule has 1 amide bonds. The van der Waals surface area contributed by atoms with Crippen LogP contribution in [-0.4, -0.2) is 36.2 Å². The topological polar surface area (TPSA) is 101 Å². The fraction of sp³-hybridized carbons (Fsp3) is 0.121. The van der Waals surface area contributed by atoms with Crippen LogP contribution in [0.25, 0.3) is 28.1 Å². The Labute approximate surface area is 265 Å². The molecular formula is C33H26Cl2N4O4S. The lowest BCUT2D eigenvalue weighted by molar-refractivity contribution is -0.117. The number of hydrogen-bond acceptors (Lipinski definition) is 5. The number of halogens is 2. The molecule has 1 N–H and O–H groups in total. The number of anilines is 1. The Balaban J connectivity index is 1.32. The lowest BCUT2D eigenvalue weighted by Gasteiger charge is -2.15. The van der Waals surface area contributed by atoms with Crippen molar-refractivity contribution in [3.63, 3.8) is 0 Å². The first-order valence-electron chi connectivity index (χ1n) is 13.8. The van der Waals surface area contributed by atoms with Crippen LogP contribution in [0.15, 0.2) is 97.2 Å². The molecule has 1 fully saturated rings. The number of carbonyl (C=O) groups excluding carboxylic acids is 2. The first kappa shape index (κ1) is 29.6. The van der Waals surface area contributed by atoms with Gasteiger partial charge in [-0.15, -0.1) is 0 Å². The summed E-state index contributed by atoms with van der Waals surface area (Å²) in [6, 6.07) is 27.9. The van der Waals surface area contributed by atoms with Gasteiger partial charge in [-0.25, -0.2) is 14.0 Å². The molecule has 0 unspecified atom stereocenters. The van der Waals surface area contributed by atoms with Gasteiger partial charge in [0.05, 0.1) is 16.4 Å². The third-order valence-corrected chi connectivity index (χ3v) is 9.35. The number of amides is 1. The molecule has 2 heterocycles. The SMILES string of the molecule is CCC(=O)c1ccc(-c2ccc(Cc3nc(-c4ccc(Cl)cc4Cl)cn3-c3ccc(N4CC(=O)NS4(=O)=O)cc3)cc2)cc1. The minimum Gasteiger partial charge on any atom is -0.303 e. The van der Waals surface area contributed by atoms with Crippen LogP contribution in [0.3, 0.4) is 0 Å². The average Bonchev–Trinajstić information content (AvgIpc) is 3.55. The van der Waals surface area contributed by atoms with E-state index in [2.05, 4.69) is 0 Å². The highest BCUT2D eigenvalue weighted by molar-refractivity contribution is 7.92. The van der Waals surface area contributed by atoms with Crippen LogP contribution in [0.1, 0.15) is 35.1 Å². The van der Waals surface area contributed by atoms with E-state index in [-0.39, 0.29) is 12.3 Å². The number of hydrogen-bond donors (Lipinski definition) is 1. The van der Waals surface area contributed by atoms with E-state index < -0.39 is 16.1 Å². The fourth-order valence-corrected chi connectivity index (χ4v) is 6.75. The molecule has 0 saturated carbocycles. The van der Waals surface area contributed by atoms with Crippen LogP contribution in [0.4, 0.5) is 5.69 Å². The van der Waals surface area contributed by atoms with Crippen LogP contribution < -0.4 is 9.03 Å². The molecular weight excluding hydrogens is 619 g/mol. The fourth-order valence-electron chi connectivity index (χ4n) is 5.10. The van der Waals surface area contributed by atoms with Crippen molar-refractivity contribution >= 4 is 50.8 Å². The van der Waals surface area contributed by atoms with Crippen LogP contribution in [-0.2, 0) is 21.4 Å². The number of nitrogens with one attached hydrogen (secondary N) is 1. The molecule has 1 aliphatic heterocycles. The lowest BCUT2D eigenvalue weighted by atomic mass is 10.00. The summed E-state index contributed by atoms with van der Waals surface area (Å²) in [5.74, 6) is 0.272. The van der Waals surface area contributed by atoms with Crippen molar-refractivity contribution in [1.29, 1.82) is 0 Å². The maximum atomic E-state index is 12.3. The standard InChI is InChI=1S/C33H26Cl2N4O4S/c1-2-31(40)24-9-7-23(8-10-24)22-5-3-21(4-6-22)17-32-36-30(28-16-11-25(34)18-29(28)35)19-38(32)26-12-14-27(15-13-26)39-20-33(41)37-44(39,42)43/h3-16,18-19H,2,17,20H2,1H3,(H,37,41). The molecule has 0 atom stereocenters. The molecule has 6 rings (SSSR count). The van der Waals surface area contributed by atoms with Gasteiger partial charge in [0.25, 0.3) is 5.91 Å². The van der Waals surface area contributed by atoms with Crippen LogP contribution >= 0.6 is 23.2 Å². The number of Topliss-reactive ketones (excluding diaryl/α,β-unsaturated/α-hetero) is 1. The first-order chi connectivity index (χ1) is 21.1. The van der Waals surface area contributed by atoms with E-state index in [4.69, 9.17) is 28.2 Å². The van der Waals surface area contributed by atoms with Crippen molar-refractivity contribution in [1.82, 2.24) is 14.3 Å². The van der Waals surface area contributed by atoms with Crippen LogP contribution in [0.2, 0.25) is 10.0 Å². The molecule has 8 nitrogen and oxygen atoms in total. The summed E-state index contributed by atoms with van der Waals surface area (Å²) in [6.07, 6.45) is 2.85. The number of benzene rings is 4. The quantitative estimate of drug-likeness (QED) is 0.186. The van der Waals surface area contributed by atoms with E-state index in [9.17, 15) is 18.0 Å². The third kappa shape index (κ3) is 5.99. The molecule has 0 aliphatic carbocycles. The van der Waals surface area contributed by atoms with Gasteiger partial charge in [0.1, 0.15) is 12.4 Å². The zero-order valence-corrected chi connectivity index (χ0v) is 25.8. The molecule has 0 bridgehead atoms. The van der Waals surface area contributed by atoms with Crippen molar-refractivity contribution in [2.75, 3.05) is 10.8 Å². The van der Waals surface area contributed by atoms with E-state index in [0.717, 1.165) is 38.1 Å². The number of carbonyl (C=O) groups is 2. The number of rotatable bonds is 8. The zero-order valence-electron chi connectivity index (χ0n) is 23.5. The van der Waals surface area contributed by atoms with E-state index in [1.54, 1.807) is 36.4 Å². The summed E-state index contributed by atoms with van der Waals surface area (Å²) in [6.45, 7) is 1.58. The molecule has 222 valence electrons. The second kappa shape index (κ2) is 11.9. The normalized spacial score (nSPS) is 14.1. The maximum Gasteiger partial charge on any atom is 0.326 e. The monoisotopic (exact) mass is 644 g/mol. The minimum absolute atomic E-state index is 0.115. The lowest BCUT2D eigenvalue weighted by Crippen LogP contribution is -2.29. The van der Waals surface area contributed by atoms with Gasteiger partial charge >= 0.3 is 10.2 Å². The van der Waals surface area contributed by atoms with Crippen molar-refractivity contribution < 1.29 is 18.0 Å². The van der Waals surface area contributed by atoms with E-state index in [1.807, 2.05) is 77.0 Å². The highest BCUT2D eigenvalue weighted by Gasteiger charge is 2.33. The number of ketones is 1. The molecule has 5 aromatic rings. The van der Waals surface area contributed by atoms with E-state index >= 15 is 0 Å². The van der Waals surface area contributed by atoms with Crippen molar-refractivity contribution in [3.8, 4) is 28.1 Å².